The third-order valence-corrected chi connectivity index (χ3v) is 3.60. The average molecular weight is 355 g/mol. The SMILES string of the molecule is CCC1C(C(=O)OCC(=O)O)=C(C)NC(C)=C1C(=O)OCC(=O)OC. The van der Waals surface area contributed by atoms with E-state index in [1.54, 1.807) is 20.8 Å². The largest absolute Gasteiger partial charge is 0.479 e. The molecule has 0 fully saturated rings. The Balaban J connectivity index is 3.04. The fourth-order valence-electron chi connectivity index (χ4n) is 2.55. The summed E-state index contributed by atoms with van der Waals surface area (Å²) >= 11 is 0. The van der Waals surface area contributed by atoms with Crippen molar-refractivity contribution in [3.63, 3.8) is 0 Å². The van der Waals surface area contributed by atoms with Crippen LogP contribution in [0.15, 0.2) is 22.5 Å². The molecule has 2 N–H and O–H groups in total. The van der Waals surface area contributed by atoms with Gasteiger partial charge in [0.15, 0.2) is 13.2 Å². The molecule has 0 aliphatic carbocycles. The van der Waals surface area contributed by atoms with Crippen LogP contribution >= 0.6 is 0 Å². The molecule has 0 aromatic rings. The minimum atomic E-state index is -1.28. The Bertz CT molecular complexity index is 647. The van der Waals surface area contributed by atoms with Gasteiger partial charge in [0, 0.05) is 17.3 Å². The number of carbonyl (C=O) groups is 4. The van der Waals surface area contributed by atoms with Crippen molar-refractivity contribution in [1.29, 1.82) is 0 Å². The second kappa shape index (κ2) is 8.86. The van der Waals surface area contributed by atoms with E-state index >= 15 is 0 Å². The van der Waals surface area contributed by atoms with Gasteiger partial charge in [-0.1, -0.05) is 6.92 Å². The zero-order valence-corrected chi connectivity index (χ0v) is 14.5. The van der Waals surface area contributed by atoms with Gasteiger partial charge in [0.25, 0.3) is 0 Å². The van der Waals surface area contributed by atoms with Gasteiger partial charge in [-0.25, -0.2) is 19.2 Å². The number of carbonyl (C=O) groups excluding carboxylic acids is 3. The van der Waals surface area contributed by atoms with E-state index in [0.29, 0.717) is 17.8 Å². The normalized spacial score (nSPS) is 16.9. The molecule has 1 heterocycles. The molecule has 1 atom stereocenters. The van der Waals surface area contributed by atoms with E-state index < -0.39 is 43.0 Å². The van der Waals surface area contributed by atoms with E-state index in [0.717, 1.165) is 0 Å². The minimum Gasteiger partial charge on any atom is -0.479 e. The smallest absolute Gasteiger partial charge is 0.344 e. The van der Waals surface area contributed by atoms with Crippen LogP contribution in [0.1, 0.15) is 27.2 Å². The molecule has 9 heteroatoms. The summed E-state index contributed by atoms with van der Waals surface area (Å²) in [5.41, 5.74) is 1.27. The van der Waals surface area contributed by atoms with Gasteiger partial charge in [-0.05, 0) is 20.3 Å². The van der Waals surface area contributed by atoms with E-state index in [1.807, 2.05) is 0 Å². The van der Waals surface area contributed by atoms with Crippen molar-refractivity contribution >= 4 is 23.9 Å². The number of ether oxygens (including phenoxy) is 3. The first-order valence-electron chi connectivity index (χ1n) is 7.54. The first-order valence-corrected chi connectivity index (χ1v) is 7.54. The Morgan fingerprint density at radius 2 is 1.48 bits per heavy atom. The molecule has 138 valence electrons. The number of allylic oxidation sites excluding steroid dienone is 2. The van der Waals surface area contributed by atoms with Gasteiger partial charge in [0.2, 0.25) is 0 Å². The van der Waals surface area contributed by atoms with Crippen LogP contribution in [0.3, 0.4) is 0 Å². The number of carboxylic acid groups (broad SMARTS) is 1. The molecule has 0 amide bonds. The van der Waals surface area contributed by atoms with E-state index in [2.05, 4.69) is 10.1 Å². The maximum Gasteiger partial charge on any atom is 0.344 e. The van der Waals surface area contributed by atoms with Crippen LogP contribution in [-0.2, 0) is 33.4 Å². The molecule has 0 bridgehead atoms. The molecular formula is C16H21NO8. The third-order valence-electron chi connectivity index (χ3n) is 3.60. The molecule has 0 saturated carbocycles. The lowest BCUT2D eigenvalue weighted by atomic mass is 9.83. The highest BCUT2D eigenvalue weighted by Gasteiger charge is 2.36. The quantitative estimate of drug-likeness (QED) is 0.495. The lowest BCUT2D eigenvalue weighted by molar-refractivity contribution is -0.155. The van der Waals surface area contributed by atoms with Gasteiger partial charge < -0.3 is 24.6 Å². The lowest BCUT2D eigenvalue weighted by Crippen LogP contribution is -2.34. The molecular weight excluding hydrogens is 334 g/mol. The van der Waals surface area contributed by atoms with Crippen molar-refractivity contribution in [2.45, 2.75) is 27.2 Å². The van der Waals surface area contributed by atoms with E-state index in [9.17, 15) is 19.2 Å². The Morgan fingerprint density at radius 3 is 1.88 bits per heavy atom. The first kappa shape index (κ1) is 20.2. The molecule has 0 saturated heterocycles. The van der Waals surface area contributed by atoms with Crippen molar-refractivity contribution in [2.75, 3.05) is 20.3 Å². The summed E-state index contributed by atoms with van der Waals surface area (Å²) in [5.74, 6) is -4.24. The van der Waals surface area contributed by atoms with Crippen molar-refractivity contribution in [1.82, 2.24) is 5.32 Å². The first-order chi connectivity index (χ1) is 11.7. The summed E-state index contributed by atoms with van der Waals surface area (Å²) in [6.07, 6.45) is 0.372. The number of methoxy groups -OCH3 is 1. The molecule has 0 radical (unpaired) electrons. The highest BCUT2D eigenvalue weighted by Crippen LogP contribution is 2.33. The van der Waals surface area contributed by atoms with Crippen LogP contribution in [0.25, 0.3) is 0 Å². The number of hydrogen-bond donors (Lipinski definition) is 2. The molecule has 0 spiro atoms. The van der Waals surface area contributed by atoms with Crippen LogP contribution in [0.2, 0.25) is 0 Å². The van der Waals surface area contributed by atoms with Gasteiger partial charge in [0.05, 0.1) is 18.3 Å². The topological polar surface area (TPSA) is 128 Å². The fraction of sp³-hybridized carbons (Fsp3) is 0.500. The predicted molar refractivity (Wildman–Crippen MR) is 83.9 cm³/mol. The molecule has 1 aliphatic rings. The lowest BCUT2D eigenvalue weighted by Gasteiger charge is -2.29. The zero-order chi connectivity index (χ0) is 19.1. The van der Waals surface area contributed by atoms with Crippen molar-refractivity contribution < 1.29 is 38.5 Å². The van der Waals surface area contributed by atoms with Crippen LogP contribution < -0.4 is 5.32 Å². The van der Waals surface area contributed by atoms with Crippen molar-refractivity contribution in [3.05, 3.63) is 22.5 Å². The molecule has 25 heavy (non-hydrogen) atoms. The van der Waals surface area contributed by atoms with Crippen molar-refractivity contribution in [3.8, 4) is 0 Å². The monoisotopic (exact) mass is 355 g/mol. The third kappa shape index (κ3) is 5.07. The average Bonchev–Trinajstić information content (AvgIpc) is 2.56. The van der Waals surface area contributed by atoms with E-state index in [-0.39, 0.29) is 11.1 Å². The number of hydrogen-bond acceptors (Lipinski definition) is 8. The standard InChI is InChI=1S/C16H21NO8/c1-5-10-13(15(21)24-6-11(18)19)8(2)17-9(3)14(10)16(22)25-7-12(20)23-4/h10,17H,5-7H2,1-4H3,(H,18,19). The summed E-state index contributed by atoms with van der Waals surface area (Å²) in [7, 11) is 1.17. The Hall–Kier alpha value is -2.84. The maximum atomic E-state index is 12.3. The summed E-state index contributed by atoms with van der Waals surface area (Å²) < 4.78 is 14.1. The predicted octanol–water partition coefficient (Wildman–Crippen LogP) is 0.508. The second-order valence-corrected chi connectivity index (χ2v) is 5.29. The molecule has 1 aliphatic heterocycles. The van der Waals surface area contributed by atoms with E-state index in [1.165, 1.54) is 7.11 Å². The number of carboxylic acids is 1. The maximum absolute atomic E-state index is 12.3. The number of esters is 3. The summed E-state index contributed by atoms with van der Waals surface area (Å²) in [6, 6.07) is 0. The molecule has 1 rings (SSSR count). The number of dihydropyridines is 1. The molecule has 0 aromatic heterocycles. The van der Waals surface area contributed by atoms with Gasteiger partial charge in [-0.15, -0.1) is 0 Å². The van der Waals surface area contributed by atoms with Gasteiger partial charge >= 0.3 is 23.9 Å². The Kier molecular flexibility index (Phi) is 7.16. The molecule has 1 unspecified atom stereocenters. The van der Waals surface area contributed by atoms with Crippen molar-refractivity contribution in [2.24, 2.45) is 5.92 Å². The second-order valence-electron chi connectivity index (χ2n) is 5.29. The number of rotatable bonds is 7. The van der Waals surface area contributed by atoms with Crippen LogP contribution in [0, 0.1) is 5.92 Å². The number of aliphatic carboxylic acids is 1. The Morgan fingerprint density at radius 1 is 1.00 bits per heavy atom. The highest BCUT2D eigenvalue weighted by atomic mass is 16.6. The summed E-state index contributed by atoms with van der Waals surface area (Å²) in [5, 5.41) is 11.5. The van der Waals surface area contributed by atoms with E-state index in [4.69, 9.17) is 14.6 Å². The number of nitrogens with one attached hydrogen (secondary N) is 1. The Labute approximate surface area is 144 Å². The molecule has 9 nitrogen and oxygen atoms in total. The summed E-state index contributed by atoms with van der Waals surface area (Å²) in [6.45, 7) is 3.69. The minimum absolute atomic E-state index is 0.152. The fourth-order valence-corrected chi connectivity index (χ4v) is 2.55. The van der Waals surface area contributed by atoms with Gasteiger partial charge in [-0.2, -0.15) is 0 Å². The summed E-state index contributed by atoms with van der Waals surface area (Å²) in [4.78, 5) is 46.3. The molecule has 0 aromatic carbocycles. The van der Waals surface area contributed by atoms with Crippen LogP contribution in [0.5, 0.6) is 0 Å². The van der Waals surface area contributed by atoms with Crippen LogP contribution in [0.4, 0.5) is 0 Å². The highest BCUT2D eigenvalue weighted by molar-refractivity contribution is 5.98. The van der Waals surface area contributed by atoms with Crippen LogP contribution in [-0.4, -0.2) is 49.3 Å². The van der Waals surface area contributed by atoms with Gasteiger partial charge in [0.1, 0.15) is 0 Å². The van der Waals surface area contributed by atoms with Gasteiger partial charge in [-0.3, -0.25) is 0 Å². The zero-order valence-electron chi connectivity index (χ0n) is 14.5.